The van der Waals surface area contributed by atoms with E-state index in [0.717, 1.165) is 0 Å². The van der Waals surface area contributed by atoms with E-state index in [2.05, 4.69) is 0 Å². The van der Waals surface area contributed by atoms with Gasteiger partial charge in [0.2, 0.25) is 0 Å². The zero-order chi connectivity index (χ0) is 9.84. The van der Waals surface area contributed by atoms with E-state index in [9.17, 15) is 9.50 Å². The Bertz CT molecular complexity index is 291. The summed E-state index contributed by atoms with van der Waals surface area (Å²) in [4.78, 5) is 0. The Balaban J connectivity index is 2.77. The molecule has 1 atom stereocenters. The molecule has 0 aliphatic carbocycles. The molecule has 1 nitrogen and oxygen atoms in total. The van der Waals surface area contributed by atoms with Gasteiger partial charge in [-0.3, -0.25) is 0 Å². The molecule has 0 saturated heterocycles. The van der Waals surface area contributed by atoms with Gasteiger partial charge in [-0.2, -0.15) is 0 Å². The van der Waals surface area contributed by atoms with E-state index < -0.39 is 6.10 Å². The van der Waals surface area contributed by atoms with Gasteiger partial charge in [-0.1, -0.05) is 17.7 Å². The third-order valence-electron chi connectivity index (χ3n) is 1.65. The van der Waals surface area contributed by atoms with Crippen LogP contribution in [-0.4, -0.2) is 17.1 Å². The van der Waals surface area contributed by atoms with E-state index in [0.29, 0.717) is 17.0 Å². The molecule has 1 aromatic rings. The summed E-state index contributed by atoms with van der Waals surface area (Å²) < 4.78 is 12.6. The van der Waals surface area contributed by atoms with Gasteiger partial charge < -0.3 is 5.11 Å². The molecule has 0 fully saturated rings. The quantitative estimate of drug-likeness (QED) is 0.781. The zero-order valence-corrected chi connectivity index (χ0v) is 8.32. The second kappa shape index (κ2) is 4.80. The predicted octanol–water partition coefficient (Wildman–Crippen LogP) is 2.62. The molecule has 1 rings (SSSR count). The van der Waals surface area contributed by atoms with Gasteiger partial charge in [0.25, 0.3) is 0 Å². The minimum Gasteiger partial charge on any atom is -0.392 e. The van der Waals surface area contributed by atoms with Crippen LogP contribution in [0.15, 0.2) is 18.2 Å². The average molecular weight is 223 g/mol. The second-order valence-electron chi connectivity index (χ2n) is 2.75. The van der Waals surface area contributed by atoms with Gasteiger partial charge >= 0.3 is 0 Å². The lowest BCUT2D eigenvalue weighted by Crippen LogP contribution is -2.12. The van der Waals surface area contributed by atoms with Gasteiger partial charge in [0, 0.05) is 17.3 Å². The maximum absolute atomic E-state index is 12.6. The van der Waals surface area contributed by atoms with Crippen molar-refractivity contribution in [2.45, 2.75) is 12.5 Å². The summed E-state index contributed by atoms with van der Waals surface area (Å²) in [5.74, 6) is -0.234. The minimum absolute atomic E-state index is 0.147. The van der Waals surface area contributed by atoms with Crippen LogP contribution in [0.5, 0.6) is 0 Å². The van der Waals surface area contributed by atoms with Gasteiger partial charge in [0.05, 0.1) is 6.10 Å². The highest BCUT2D eigenvalue weighted by molar-refractivity contribution is 6.31. The fourth-order valence-corrected chi connectivity index (χ4v) is 1.35. The molecule has 13 heavy (non-hydrogen) atoms. The number of hydrogen-bond donors (Lipinski definition) is 1. The van der Waals surface area contributed by atoms with E-state index in [4.69, 9.17) is 23.2 Å². The molecule has 0 saturated carbocycles. The van der Waals surface area contributed by atoms with E-state index in [1.165, 1.54) is 12.1 Å². The van der Waals surface area contributed by atoms with Crippen LogP contribution >= 0.6 is 23.2 Å². The number of alkyl halides is 1. The van der Waals surface area contributed by atoms with Crippen molar-refractivity contribution >= 4 is 23.2 Å². The average Bonchev–Trinajstić information content (AvgIpc) is 2.09. The van der Waals surface area contributed by atoms with Gasteiger partial charge in [-0.25, -0.2) is 4.39 Å². The maximum Gasteiger partial charge on any atom is 0.124 e. The van der Waals surface area contributed by atoms with Crippen molar-refractivity contribution in [2.24, 2.45) is 0 Å². The van der Waals surface area contributed by atoms with Gasteiger partial charge in [-0.05, 0) is 17.7 Å². The molecule has 0 bridgehead atoms. The first-order valence-corrected chi connectivity index (χ1v) is 4.72. The van der Waals surface area contributed by atoms with Crippen molar-refractivity contribution in [3.05, 3.63) is 34.6 Å². The van der Waals surface area contributed by atoms with Crippen molar-refractivity contribution in [1.82, 2.24) is 0 Å². The molecule has 0 spiro atoms. The lowest BCUT2D eigenvalue weighted by Gasteiger charge is -2.07. The molecule has 0 amide bonds. The van der Waals surface area contributed by atoms with Crippen molar-refractivity contribution in [3.63, 3.8) is 0 Å². The molecule has 0 unspecified atom stereocenters. The van der Waals surface area contributed by atoms with E-state index in [-0.39, 0.29) is 11.7 Å². The Kier molecular flexibility index (Phi) is 3.97. The minimum atomic E-state index is -0.635. The molecule has 1 aromatic carbocycles. The van der Waals surface area contributed by atoms with Gasteiger partial charge in [-0.15, -0.1) is 11.6 Å². The highest BCUT2D eigenvalue weighted by atomic mass is 35.5. The highest BCUT2D eigenvalue weighted by Gasteiger charge is 2.07. The van der Waals surface area contributed by atoms with Crippen LogP contribution < -0.4 is 0 Å². The van der Waals surface area contributed by atoms with Crippen molar-refractivity contribution in [3.8, 4) is 0 Å². The lowest BCUT2D eigenvalue weighted by atomic mass is 10.1. The van der Waals surface area contributed by atoms with Crippen molar-refractivity contribution in [1.29, 1.82) is 0 Å². The second-order valence-corrected chi connectivity index (χ2v) is 3.46. The Hall–Kier alpha value is -0.310. The van der Waals surface area contributed by atoms with Crippen LogP contribution in [0.4, 0.5) is 4.39 Å². The summed E-state index contributed by atoms with van der Waals surface area (Å²) in [6.07, 6.45) is -0.285. The standard InChI is InChI=1S/C9H9Cl2FO/c10-5-8(13)3-6-1-2-7(12)4-9(6)11/h1-2,4,8,13H,3,5H2/t8-/m1/s1. The fraction of sp³-hybridized carbons (Fsp3) is 0.333. The van der Waals surface area contributed by atoms with Crippen molar-refractivity contribution < 1.29 is 9.50 Å². The molecular weight excluding hydrogens is 214 g/mol. The number of rotatable bonds is 3. The topological polar surface area (TPSA) is 20.2 Å². The van der Waals surface area contributed by atoms with Crippen molar-refractivity contribution in [2.75, 3.05) is 5.88 Å². The lowest BCUT2D eigenvalue weighted by molar-refractivity contribution is 0.198. The Morgan fingerprint density at radius 3 is 2.69 bits per heavy atom. The summed E-state index contributed by atoms with van der Waals surface area (Å²) in [6, 6.07) is 4.08. The van der Waals surface area contributed by atoms with Gasteiger partial charge in [0.1, 0.15) is 5.82 Å². The van der Waals surface area contributed by atoms with Crippen LogP contribution in [0.3, 0.4) is 0 Å². The molecule has 0 heterocycles. The van der Waals surface area contributed by atoms with E-state index >= 15 is 0 Å². The molecule has 0 aliphatic rings. The Morgan fingerprint density at radius 2 is 2.15 bits per heavy atom. The molecule has 0 radical (unpaired) electrons. The summed E-state index contributed by atoms with van der Waals surface area (Å²) in [5, 5.41) is 9.54. The molecule has 4 heteroatoms. The first-order chi connectivity index (χ1) is 6.13. The van der Waals surface area contributed by atoms with E-state index in [1.54, 1.807) is 6.07 Å². The third-order valence-corrected chi connectivity index (χ3v) is 2.36. The van der Waals surface area contributed by atoms with Crippen LogP contribution in [-0.2, 0) is 6.42 Å². The van der Waals surface area contributed by atoms with Crippen LogP contribution in [0, 0.1) is 5.82 Å². The number of halogens is 3. The number of benzene rings is 1. The SMILES string of the molecule is O[C@@H](CCl)Cc1ccc(F)cc1Cl. The summed E-state index contributed by atoms with van der Waals surface area (Å²) >= 11 is 11.2. The monoisotopic (exact) mass is 222 g/mol. The number of hydrogen-bond acceptors (Lipinski definition) is 1. The largest absolute Gasteiger partial charge is 0.392 e. The fourth-order valence-electron chi connectivity index (χ4n) is 0.996. The number of aliphatic hydroxyl groups is 1. The molecule has 72 valence electrons. The highest BCUT2D eigenvalue weighted by Crippen LogP contribution is 2.18. The zero-order valence-electron chi connectivity index (χ0n) is 6.80. The first kappa shape index (κ1) is 10.8. The third kappa shape index (κ3) is 3.14. The van der Waals surface area contributed by atoms with Gasteiger partial charge in [0.15, 0.2) is 0 Å². The number of aliphatic hydroxyl groups excluding tert-OH is 1. The maximum atomic E-state index is 12.6. The Labute approximate surface area is 86.1 Å². The molecule has 0 aromatic heterocycles. The van der Waals surface area contributed by atoms with E-state index in [1.807, 2.05) is 0 Å². The molecule has 0 aliphatic heterocycles. The molecular formula is C9H9Cl2FO. The predicted molar refractivity (Wildman–Crippen MR) is 51.8 cm³/mol. The summed E-state index contributed by atoms with van der Waals surface area (Å²) in [7, 11) is 0. The Morgan fingerprint density at radius 1 is 1.46 bits per heavy atom. The summed E-state index contributed by atoms with van der Waals surface area (Å²) in [5.41, 5.74) is 0.705. The first-order valence-electron chi connectivity index (χ1n) is 3.81. The molecule has 1 N–H and O–H groups in total. The van der Waals surface area contributed by atoms with Crippen LogP contribution in [0.25, 0.3) is 0 Å². The van der Waals surface area contributed by atoms with Crippen LogP contribution in [0.1, 0.15) is 5.56 Å². The summed E-state index contributed by atoms with van der Waals surface area (Å²) in [6.45, 7) is 0. The van der Waals surface area contributed by atoms with Crippen LogP contribution in [0.2, 0.25) is 5.02 Å². The normalized spacial score (nSPS) is 12.9. The smallest absolute Gasteiger partial charge is 0.124 e.